The molecule has 3 aliphatic rings. The summed E-state index contributed by atoms with van der Waals surface area (Å²) in [4.78, 5) is 0. The van der Waals surface area contributed by atoms with Gasteiger partial charge in [0.2, 0.25) is 0 Å². The average molecular weight is 132 g/mol. The fourth-order valence-electron chi connectivity index (χ4n) is 2.06. The highest BCUT2D eigenvalue weighted by Crippen LogP contribution is 2.56. The molecule has 3 fully saturated rings. The van der Waals surface area contributed by atoms with E-state index in [4.69, 9.17) is 0 Å². The van der Waals surface area contributed by atoms with Crippen LogP contribution in [-0.2, 0) is 0 Å². The zero-order chi connectivity index (χ0) is 6.48. The molecule has 3 aliphatic carbocycles. The lowest BCUT2D eigenvalue weighted by atomic mass is 9.62. The van der Waals surface area contributed by atoms with Crippen LogP contribution in [0.1, 0.15) is 25.7 Å². The maximum Gasteiger partial charge on any atom is 0.253 e. The van der Waals surface area contributed by atoms with E-state index >= 15 is 0 Å². The third-order valence-corrected chi connectivity index (χ3v) is 2.76. The van der Waals surface area contributed by atoms with Gasteiger partial charge in [-0.15, -0.1) is 0 Å². The number of hydrogen-bond acceptors (Lipinski definition) is 0. The van der Waals surface area contributed by atoms with Crippen molar-refractivity contribution in [2.75, 3.05) is 0 Å². The summed E-state index contributed by atoms with van der Waals surface area (Å²) in [6.45, 7) is 0. The van der Waals surface area contributed by atoms with Crippen molar-refractivity contribution >= 4 is 0 Å². The van der Waals surface area contributed by atoms with Gasteiger partial charge < -0.3 is 0 Å². The van der Waals surface area contributed by atoms with E-state index in [2.05, 4.69) is 0 Å². The molecule has 0 aromatic carbocycles. The lowest BCUT2D eigenvalue weighted by molar-refractivity contribution is -0.210. The Kier molecular flexibility index (Phi) is 0.920. The fourth-order valence-corrected chi connectivity index (χ4v) is 2.06. The van der Waals surface area contributed by atoms with Gasteiger partial charge in [0.25, 0.3) is 5.92 Å². The summed E-state index contributed by atoms with van der Waals surface area (Å²) in [5.74, 6) is -2.74. The zero-order valence-corrected chi connectivity index (χ0v) is 5.24. The Balaban J connectivity index is 2.13. The van der Waals surface area contributed by atoms with Gasteiger partial charge in [-0.2, -0.15) is 0 Å². The summed E-state index contributed by atoms with van der Waals surface area (Å²) in [5.41, 5.74) is 0. The van der Waals surface area contributed by atoms with Crippen LogP contribution in [-0.4, -0.2) is 5.92 Å². The Morgan fingerprint density at radius 3 is 1.89 bits per heavy atom. The van der Waals surface area contributed by atoms with Gasteiger partial charge in [0.15, 0.2) is 0 Å². The van der Waals surface area contributed by atoms with Crippen LogP contribution in [0.5, 0.6) is 0 Å². The van der Waals surface area contributed by atoms with Crippen molar-refractivity contribution in [3.8, 4) is 0 Å². The van der Waals surface area contributed by atoms with Crippen LogP contribution >= 0.6 is 0 Å². The predicted molar refractivity (Wildman–Crippen MR) is 30.4 cm³/mol. The maximum atomic E-state index is 12.6. The van der Waals surface area contributed by atoms with Crippen LogP contribution in [0.3, 0.4) is 0 Å². The summed E-state index contributed by atoms with van der Waals surface area (Å²) in [6, 6.07) is 0. The van der Waals surface area contributed by atoms with Gasteiger partial charge in [-0.25, -0.2) is 8.78 Å². The quantitative estimate of drug-likeness (QED) is 0.475. The summed E-state index contributed by atoms with van der Waals surface area (Å²) in [7, 11) is 0. The molecule has 0 aromatic rings. The molecule has 2 atom stereocenters. The first-order chi connectivity index (χ1) is 4.21. The Bertz CT molecular complexity index is 115. The van der Waals surface area contributed by atoms with E-state index in [1.165, 1.54) is 0 Å². The van der Waals surface area contributed by atoms with Gasteiger partial charge in [0, 0.05) is 11.8 Å². The molecule has 2 heteroatoms. The lowest BCUT2D eigenvalue weighted by Crippen LogP contribution is -2.51. The predicted octanol–water partition coefficient (Wildman–Crippen LogP) is 2.44. The van der Waals surface area contributed by atoms with Crippen LogP contribution in [0.4, 0.5) is 8.78 Å². The van der Waals surface area contributed by atoms with Crippen LogP contribution in [0, 0.1) is 11.8 Å². The minimum Gasteiger partial charge on any atom is -0.206 e. The molecule has 0 amide bonds. The van der Waals surface area contributed by atoms with E-state index < -0.39 is 5.92 Å². The van der Waals surface area contributed by atoms with Gasteiger partial charge in [-0.05, 0) is 19.3 Å². The Morgan fingerprint density at radius 2 is 1.67 bits per heavy atom. The summed E-state index contributed by atoms with van der Waals surface area (Å²) in [5, 5.41) is 0. The molecule has 3 saturated carbocycles. The highest BCUT2D eigenvalue weighted by Gasteiger charge is 2.58. The first-order valence-electron chi connectivity index (χ1n) is 3.59. The minimum absolute atomic E-state index is 0.240. The van der Waals surface area contributed by atoms with Crippen LogP contribution in [0.15, 0.2) is 0 Å². The van der Waals surface area contributed by atoms with E-state index in [0.717, 1.165) is 25.7 Å². The molecule has 0 aliphatic heterocycles. The number of hydrogen-bond donors (Lipinski definition) is 0. The number of fused-ring (bicyclic) bond motifs is 2. The van der Waals surface area contributed by atoms with Crippen molar-refractivity contribution in [3.05, 3.63) is 0 Å². The second-order valence-corrected chi connectivity index (χ2v) is 3.23. The SMILES string of the molecule is FC1(F)C2CCCC1C2. The monoisotopic (exact) mass is 132 g/mol. The van der Waals surface area contributed by atoms with Crippen LogP contribution in [0.2, 0.25) is 0 Å². The van der Waals surface area contributed by atoms with Crippen molar-refractivity contribution in [3.63, 3.8) is 0 Å². The third kappa shape index (κ3) is 0.565. The molecule has 3 rings (SSSR count). The van der Waals surface area contributed by atoms with Gasteiger partial charge in [0.1, 0.15) is 0 Å². The van der Waals surface area contributed by atoms with Gasteiger partial charge >= 0.3 is 0 Å². The average Bonchev–Trinajstić information content (AvgIpc) is 1.89. The lowest BCUT2D eigenvalue weighted by Gasteiger charge is -2.48. The molecule has 0 heterocycles. The van der Waals surface area contributed by atoms with E-state index in [9.17, 15) is 8.78 Å². The molecule has 0 radical (unpaired) electrons. The van der Waals surface area contributed by atoms with E-state index in [1.54, 1.807) is 0 Å². The van der Waals surface area contributed by atoms with Crippen molar-refractivity contribution < 1.29 is 8.78 Å². The van der Waals surface area contributed by atoms with Gasteiger partial charge in [0.05, 0.1) is 0 Å². The molecule has 2 bridgehead atoms. The highest BCUT2D eigenvalue weighted by molar-refractivity contribution is 4.99. The van der Waals surface area contributed by atoms with E-state index in [1.807, 2.05) is 0 Å². The van der Waals surface area contributed by atoms with Crippen molar-refractivity contribution in [1.29, 1.82) is 0 Å². The third-order valence-electron chi connectivity index (χ3n) is 2.76. The largest absolute Gasteiger partial charge is 0.253 e. The molecule has 52 valence electrons. The normalized spacial score (nSPS) is 46.0. The number of rotatable bonds is 0. The molecule has 0 nitrogen and oxygen atoms in total. The topological polar surface area (TPSA) is 0 Å². The summed E-state index contributed by atoms with van der Waals surface area (Å²) < 4.78 is 25.3. The molecule has 0 N–H and O–H groups in total. The molecule has 0 saturated heterocycles. The van der Waals surface area contributed by atoms with Crippen LogP contribution < -0.4 is 0 Å². The number of alkyl halides is 2. The van der Waals surface area contributed by atoms with Crippen LogP contribution in [0.25, 0.3) is 0 Å². The summed E-state index contributed by atoms with van der Waals surface area (Å²) >= 11 is 0. The second-order valence-electron chi connectivity index (χ2n) is 3.23. The fraction of sp³-hybridized carbons (Fsp3) is 1.00. The Morgan fingerprint density at radius 1 is 1.11 bits per heavy atom. The molecular weight excluding hydrogens is 122 g/mol. The minimum atomic E-state index is -2.27. The number of halogens is 2. The Labute approximate surface area is 53.2 Å². The smallest absolute Gasteiger partial charge is 0.206 e. The first kappa shape index (κ1) is 5.63. The first-order valence-corrected chi connectivity index (χ1v) is 3.59. The second kappa shape index (κ2) is 1.47. The van der Waals surface area contributed by atoms with Gasteiger partial charge in [-0.1, -0.05) is 6.42 Å². The van der Waals surface area contributed by atoms with Crippen molar-refractivity contribution in [2.24, 2.45) is 11.8 Å². The standard InChI is InChI=1S/C7H10F2/c8-7(9)5-2-1-3-6(7)4-5/h5-6H,1-4H2. The summed E-state index contributed by atoms with van der Waals surface area (Å²) in [6.07, 6.45) is 3.37. The molecule has 0 spiro atoms. The molecule has 2 unspecified atom stereocenters. The van der Waals surface area contributed by atoms with Crippen molar-refractivity contribution in [1.82, 2.24) is 0 Å². The molecule has 0 aromatic heterocycles. The Hall–Kier alpha value is -0.140. The maximum absolute atomic E-state index is 12.6. The van der Waals surface area contributed by atoms with Crippen molar-refractivity contribution in [2.45, 2.75) is 31.6 Å². The van der Waals surface area contributed by atoms with Gasteiger partial charge in [-0.3, -0.25) is 0 Å². The highest BCUT2D eigenvalue weighted by atomic mass is 19.3. The zero-order valence-electron chi connectivity index (χ0n) is 5.24. The van der Waals surface area contributed by atoms with E-state index in [0.29, 0.717) is 0 Å². The molecular formula is C7H10F2. The van der Waals surface area contributed by atoms with E-state index in [-0.39, 0.29) is 11.8 Å². The molecule has 9 heavy (non-hydrogen) atoms.